The molecular formula is C27H33N5O3. The number of aromatic nitrogens is 2. The largest absolute Gasteiger partial charge is 0.493 e. The number of fused-ring (bicyclic) bond motifs is 1. The molecule has 1 aliphatic rings. The Balaban J connectivity index is 1.74. The Morgan fingerprint density at radius 1 is 1.11 bits per heavy atom. The van der Waals surface area contributed by atoms with Crippen LogP contribution in [0.25, 0.3) is 22.3 Å². The minimum atomic E-state index is -0.270. The molecule has 0 radical (unpaired) electrons. The molecule has 0 aliphatic carbocycles. The Bertz CT molecular complexity index is 1220. The summed E-state index contributed by atoms with van der Waals surface area (Å²) in [5.74, 6) is 2.28. The van der Waals surface area contributed by atoms with E-state index >= 15 is 0 Å². The highest BCUT2D eigenvalue weighted by molar-refractivity contribution is 5.99. The van der Waals surface area contributed by atoms with Crippen LogP contribution in [0.3, 0.4) is 0 Å². The van der Waals surface area contributed by atoms with E-state index in [0.717, 1.165) is 48.2 Å². The van der Waals surface area contributed by atoms with E-state index in [9.17, 15) is 4.79 Å². The van der Waals surface area contributed by atoms with Crippen LogP contribution in [0.1, 0.15) is 26.7 Å². The summed E-state index contributed by atoms with van der Waals surface area (Å²) in [6, 6.07) is 12.1. The highest BCUT2D eigenvalue weighted by Gasteiger charge is 2.23. The summed E-state index contributed by atoms with van der Waals surface area (Å²) in [6.07, 6.45) is 3.32. The number of piperidine rings is 1. The molecule has 0 bridgehead atoms. The molecule has 1 aromatic heterocycles. The van der Waals surface area contributed by atoms with Crippen molar-refractivity contribution in [3.8, 4) is 22.9 Å². The molecule has 1 fully saturated rings. The second kappa shape index (κ2) is 10.7. The van der Waals surface area contributed by atoms with Crippen molar-refractivity contribution in [2.75, 3.05) is 37.9 Å². The molecule has 0 saturated carbocycles. The fourth-order valence-electron chi connectivity index (χ4n) is 4.38. The van der Waals surface area contributed by atoms with Crippen LogP contribution in [0.2, 0.25) is 0 Å². The van der Waals surface area contributed by atoms with Crippen molar-refractivity contribution in [1.82, 2.24) is 14.9 Å². The topological polar surface area (TPSA) is 88.6 Å². The molecule has 4 rings (SSSR count). The Labute approximate surface area is 206 Å². The summed E-state index contributed by atoms with van der Waals surface area (Å²) in [7, 11) is 3.23. The minimum absolute atomic E-state index is 0.270. The lowest BCUT2D eigenvalue weighted by molar-refractivity contribution is -0.111. The molecule has 1 saturated heterocycles. The monoisotopic (exact) mass is 475 g/mol. The lowest BCUT2D eigenvalue weighted by atomic mass is 10.0. The van der Waals surface area contributed by atoms with Crippen molar-refractivity contribution in [2.24, 2.45) is 0 Å². The van der Waals surface area contributed by atoms with Crippen molar-refractivity contribution in [3.63, 3.8) is 0 Å². The SMILES string of the molecule is C=CC(=O)Nc1cccc(-c2nc(NC3CCN(C(C)C)CC3)c3cc(OC)c(OC)cc3n2)c1. The number of likely N-dealkylation sites (tertiary alicyclic amines) is 1. The van der Waals surface area contributed by atoms with Gasteiger partial charge in [0.25, 0.3) is 0 Å². The average Bonchev–Trinajstić information content (AvgIpc) is 2.88. The van der Waals surface area contributed by atoms with Gasteiger partial charge in [0.2, 0.25) is 5.91 Å². The molecule has 1 amide bonds. The number of carbonyl (C=O) groups is 1. The van der Waals surface area contributed by atoms with Crippen molar-refractivity contribution in [2.45, 2.75) is 38.8 Å². The molecule has 2 aromatic carbocycles. The summed E-state index contributed by atoms with van der Waals surface area (Å²) < 4.78 is 11.1. The molecule has 1 aliphatic heterocycles. The van der Waals surface area contributed by atoms with Gasteiger partial charge in [0.05, 0.1) is 19.7 Å². The van der Waals surface area contributed by atoms with Crippen LogP contribution in [0.5, 0.6) is 11.5 Å². The van der Waals surface area contributed by atoms with Gasteiger partial charge in [0, 0.05) is 47.9 Å². The van der Waals surface area contributed by atoms with E-state index < -0.39 is 0 Å². The first-order chi connectivity index (χ1) is 16.9. The van der Waals surface area contributed by atoms with Crippen LogP contribution in [0.15, 0.2) is 49.1 Å². The third kappa shape index (κ3) is 5.54. The average molecular weight is 476 g/mol. The molecule has 184 valence electrons. The summed E-state index contributed by atoms with van der Waals surface area (Å²) >= 11 is 0. The number of nitrogens with zero attached hydrogens (tertiary/aromatic N) is 3. The predicted octanol–water partition coefficient (Wildman–Crippen LogP) is 4.72. The first-order valence-corrected chi connectivity index (χ1v) is 11.9. The third-order valence-corrected chi connectivity index (χ3v) is 6.38. The van der Waals surface area contributed by atoms with Crippen LogP contribution >= 0.6 is 0 Å². The zero-order valence-corrected chi connectivity index (χ0v) is 20.8. The van der Waals surface area contributed by atoms with E-state index in [-0.39, 0.29) is 5.91 Å². The molecule has 2 N–H and O–H groups in total. The molecule has 8 heteroatoms. The van der Waals surface area contributed by atoms with Crippen molar-refractivity contribution in [1.29, 1.82) is 0 Å². The maximum atomic E-state index is 11.8. The number of amides is 1. The molecule has 2 heterocycles. The molecule has 35 heavy (non-hydrogen) atoms. The van der Waals surface area contributed by atoms with E-state index in [2.05, 4.69) is 36.0 Å². The molecule has 3 aromatic rings. The second-order valence-electron chi connectivity index (χ2n) is 8.94. The fourth-order valence-corrected chi connectivity index (χ4v) is 4.38. The maximum Gasteiger partial charge on any atom is 0.247 e. The van der Waals surface area contributed by atoms with Crippen LogP contribution in [-0.2, 0) is 4.79 Å². The number of carbonyl (C=O) groups excluding carboxylic acids is 1. The van der Waals surface area contributed by atoms with Crippen LogP contribution in [0.4, 0.5) is 11.5 Å². The van der Waals surface area contributed by atoms with Gasteiger partial charge in [-0.3, -0.25) is 4.79 Å². The Kier molecular flexibility index (Phi) is 7.51. The lowest BCUT2D eigenvalue weighted by Crippen LogP contribution is -2.42. The maximum absolute atomic E-state index is 11.8. The van der Waals surface area contributed by atoms with Gasteiger partial charge in [-0.25, -0.2) is 9.97 Å². The van der Waals surface area contributed by atoms with Crippen LogP contribution < -0.4 is 20.1 Å². The fraction of sp³-hybridized carbons (Fsp3) is 0.370. The molecule has 8 nitrogen and oxygen atoms in total. The van der Waals surface area contributed by atoms with E-state index in [1.807, 2.05) is 36.4 Å². The van der Waals surface area contributed by atoms with Gasteiger partial charge in [-0.05, 0) is 51.0 Å². The van der Waals surface area contributed by atoms with E-state index in [1.165, 1.54) is 6.08 Å². The first kappa shape index (κ1) is 24.5. The number of hydrogen-bond acceptors (Lipinski definition) is 7. The second-order valence-corrected chi connectivity index (χ2v) is 8.94. The Hall–Kier alpha value is -3.65. The van der Waals surface area contributed by atoms with Gasteiger partial charge in [0.1, 0.15) is 5.82 Å². The Morgan fingerprint density at radius 3 is 2.49 bits per heavy atom. The smallest absolute Gasteiger partial charge is 0.247 e. The van der Waals surface area contributed by atoms with Gasteiger partial charge in [-0.15, -0.1) is 0 Å². The van der Waals surface area contributed by atoms with Gasteiger partial charge < -0.3 is 25.0 Å². The zero-order valence-electron chi connectivity index (χ0n) is 20.8. The summed E-state index contributed by atoms with van der Waals surface area (Å²) in [4.78, 5) is 24.0. The first-order valence-electron chi connectivity index (χ1n) is 11.9. The number of ether oxygens (including phenoxy) is 2. The number of rotatable bonds is 8. The number of nitrogens with one attached hydrogen (secondary N) is 2. The number of methoxy groups -OCH3 is 2. The number of hydrogen-bond donors (Lipinski definition) is 2. The van der Waals surface area contributed by atoms with Gasteiger partial charge >= 0.3 is 0 Å². The van der Waals surface area contributed by atoms with Gasteiger partial charge in [-0.2, -0.15) is 0 Å². The normalized spacial score (nSPS) is 14.7. The van der Waals surface area contributed by atoms with Crippen LogP contribution in [-0.4, -0.2) is 60.2 Å². The summed E-state index contributed by atoms with van der Waals surface area (Å²) in [5.41, 5.74) is 2.19. The quantitative estimate of drug-likeness (QED) is 0.456. The third-order valence-electron chi connectivity index (χ3n) is 6.38. The molecule has 0 spiro atoms. The Morgan fingerprint density at radius 2 is 1.83 bits per heavy atom. The van der Waals surface area contributed by atoms with E-state index in [4.69, 9.17) is 19.4 Å². The van der Waals surface area contributed by atoms with Gasteiger partial charge in [-0.1, -0.05) is 18.7 Å². The highest BCUT2D eigenvalue weighted by atomic mass is 16.5. The summed E-state index contributed by atoms with van der Waals surface area (Å²) in [5, 5.41) is 7.35. The van der Waals surface area contributed by atoms with Crippen molar-refractivity contribution in [3.05, 3.63) is 49.1 Å². The van der Waals surface area contributed by atoms with Gasteiger partial charge in [0.15, 0.2) is 17.3 Å². The molecule has 0 atom stereocenters. The number of anilines is 2. The standard InChI is InChI=1S/C27H33N5O3/c1-6-25(33)28-20-9-7-8-18(14-20)26-30-22-16-24(35-5)23(34-4)15-21(22)27(31-26)29-19-10-12-32(13-11-19)17(2)3/h6-9,14-17,19H,1,10-13H2,2-5H3,(H,28,33)(H,29,30,31). The zero-order chi connectivity index (χ0) is 24.9. The molecule has 0 unspecified atom stereocenters. The number of benzene rings is 2. The van der Waals surface area contributed by atoms with E-state index in [0.29, 0.717) is 35.1 Å². The van der Waals surface area contributed by atoms with E-state index in [1.54, 1.807) is 14.2 Å². The van der Waals surface area contributed by atoms with Crippen molar-refractivity contribution < 1.29 is 14.3 Å². The minimum Gasteiger partial charge on any atom is -0.493 e. The van der Waals surface area contributed by atoms with Crippen LogP contribution in [0, 0.1) is 0 Å². The predicted molar refractivity (Wildman–Crippen MR) is 140 cm³/mol. The van der Waals surface area contributed by atoms with Crippen molar-refractivity contribution >= 4 is 28.3 Å². The summed E-state index contributed by atoms with van der Waals surface area (Å²) in [6.45, 7) is 10.1. The lowest BCUT2D eigenvalue weighted by Gasteiger charge is -2.35. The highest BCUT2D eigenvalue weighted by Crippen LogP contribution is 2.36. The molecular weight excluding hydrogens is 442 g/mol.